The van der Waals surface area contributed by atoms with Crippen molar-refractivity contribution >= 4 is 11.6 Å². The second kappa shape index (κ2) is 10.5. The summed E-state index contributed by atoms with van der Waals surface area (Å²) in [6.45, 7) is 3.52. The molecule has 2 aliphatic rings. The van der Waals surface area contributed by atoms with Crippen LogP contribution in [0.1, 0.15) is 43.0 Å². The van der Waals surface area contributed by atoms with Crippen LogP contribution < -0.4 is 11.1 Å². The van der Waals surface area contributed by atoms with Crippen LogP contribution in [0.5, 0.6) is 0 Å². The van der Waals surface area contributed by atoms with E-state index in [9.17, 15) is 22.4 Å². The normalized spacial score (nSPS) is 22.7. The number of aromatic nitrogens is 1. The van der Waals surface area contributed by atoms with Crippen molar-refractivity contribution in [2.24, 2.45) is 11.1 Å². The first kappa shape index (κ1) is 26.5. The van der Waals surface area contributed by atoms with Gasteiger partial charge in [-0.3, -0.25) is 20.1 Å². The summed E-state index contributed by atoms with van der Waals surface area (Å²) in [4.78, 5) is 18.8. The van der Waals surface area contributed by atoms with Crippen molar-refractivity contribution in [3.8, 4) is 0 Å². The summed E-state index contributed by atoms with van der Waals surface area (Å²) in [6, 6.07) is 8.61. The standard InChI is InChI=1S/C27H29F4N5O/c1-26(25(37)35-19-6-4-12-36(16-19)15-18-5-2-3-7-21(18)28)10-8-22(32)20(14-26)24(33)17-9-11-34-23(13-17)27(29,30)31/h2-3,5,7-11,13,19,33H,4,6,12,14-16,32H2,1H3,(H,35,37). The first-order chi connectivity index (χ1) is 17.5. The van der Waals surface area contributed by atoms with Crippen LogP contribution in [0.4, 0.5) is 17.6 Å². The Kier molecular flexibility index (Phi) is 7.49. The molecular weight excluding hydrogens is 486 g/mol. The molecule has 0 spiro atoms. The molecule has 2 atom stereocenters. The van der Waals surface area contributed by atoms with E-state index in [1.807, 2.05) is 0 Å². The fraction of sp³-hybridized carbons (Fsp3) is 0.370. The molecule has 196 valence electrons. The van der Waals surface area contributed by atoms with E-state index >= 15 is 0 Å². The zero-order chi connectivity index (χ0) is 26.8. The minimum absolute atomic E-state index is 0.0226. The summed E-state index contributed by atoms with van der Waals surface area (Å²) in [6.07, 6.45) is 1.25. The number of carbonyl (C=O) groups excluding carboxylic acids is 1. The number of halogens is 4. The van der Waals surface area contributed by atoms with Crippen molar-refractivity contribution in [2.75, 3.05) is 13.1 Å². The molecule has 2 unspecified atom stereocenters. The van der Waals surface area contributed by atoms with Gasteiger partial charge in [-0.1, -0.05) is 24.3 Å². The van der Waals surface area contributed by atoms with Crippen molar-refractivity contribution in [1.29, 1.82) is 5.41 Å². The number of nitrogens with one attached hydrogen (secondary N) is 2. The van der Waals surface area contributed by atoms with Crippen LogP contribution in [0.15, 0.2) is 66.0 Å². The van der Waals surface area contributed by atoms with E-state index < -0.39 is 17.3 Å². The van der Waals surface area contributed by atoms with Crippen LogP contribution in [-0.2, 0) is 17.5 Å². The van der Waals surface area contributed by atoms with E-state index in [0.717, 1.165) is 31.6 Å². The molecule has 4 N–H and O–H groups in total. The molecule has 2 aromatic rings. The van der Waals surface area contributed by atoms with Gasteiger partial charge in [0.15, 0.2) is 0 Å². The lowest BCUT2D eigenvalue weighted by Gasteiger charge is -2.36. The molecule has 0 saturated carbocycles. The SMILES string of the molecule is CC1(C(=O)NC2CCCN(Cc3ccccc3F)C2)C=CC(N)=C(C(=N)c2ccnc(C(F)(F)F)c2)C1. The Morgan fingerprint density at radius 2 is 2.05 bits per heavy atom. The van der Waals surface area contributed by atoms with Crippen molar-refractivity contribution < 1.29 is 22.4 Å². The summed E-state index contributed by atoms with van der Waals surface area (Å²) in [5.74, 6) is -0.519. The smallest absolute Gasteiger partial charge is 0.398 e. The maximum atomic E-state index is 14.1. The summed E-state index contributed by atoms with van der Waals surface area (Å²) >= 11 is 0. The summed E-state index contributed by atoms with van der Waals surface area (Å²) in [5.41, 5.74) is 4.93. The Morgan fingerprint density at radius 3 is 2.78 bits per heavy atom. The number of benzene rings is 1. The van der Waals surface area contributed by atoms with Gasteiger partial charge in [-0.25, -0.2) is 4.39 Å². The number of hydrogen-bond acceptors (Lipinski definition) is 5. The number of carbonyl (C=O) groups is 1. The van der Waals surface area contributed by atoms with Gasteiger partial charge in [0.2, 0.25) is 5.91 Å². The molecule has 1 aromatic carbocycles. The number of pyridine rings is 1. The molecule has 1 amide bonds. The molecule has 1 aliphatic carbocycles. The van der Waals surface area contributed by atoms with Gasteiger partial charge in [-0.2, -0.15) is 13.2 Å². The van der Waals surface area contributed by atoms with Crippen LogP contribution >= 0.6 is 0 Å². The average molecular weight is 516 g/mol. The van der Waals surface area contributed by atoms with Gasteiger partial charge >= 0.3 is 6.18 Å². The van der Waals surface area contributed by atoms with E-state index in [-0.39, 0.29) is 41.2 Å². The van der Waals surface area contributed by atoms with Crippen molar-refractivity contribution in [1.82, 2.24) is 15.2 Å². The van der Waals surface area contributed by atoms with Crippen molar-refractivity contribution in [3.63, 3.8) is 0 Å². The third kappa shape index (κ3) is 6.07. The first-order valence-corrected chi connectivity index (χ1v) is 12.0. The number of nitrogens with two attached hydrogens (primary N) is 1. The van der Waals surface area contributed by atoms with Crippen LogP contribution in [0.3, 0.4) is 0 Å². The van der Waals surface area contributed by atoms with Crippen molar-refractivity contribution in [2.45, 2.75) is 44.9 Å². The van der Waals surface area contributed by atoms with Gasteiger partial charge in [-0.05, 0) is 57.0 Å². The van der Waals surface area contributed by atoms with Gasteiger partial charge in [0.05, 0.1) is 11.1 Å². The Balaban J connectivity index is 1.44. The van der Waals surface area contributed by atoms with E-state index in [0.29, 0.717) is 24.2 Å². The monoisotopic (exact) mass is 515 g/mol. The predicted molar refractivity (Wildman–Crippen MR) is 132 cm³/mol. The zero-order valence-corrected chi connectivity index (χ0v) is 20.4. The maximum absolute atomic E-state index is 14.1. The average Bonchev–Trinajstić information content (AvgIpc) is 2.86. The highest BCUT2D eigenvalue weighted by molar-refractivity contribution is 6.12. The molecule has 0 bridgehead atoms. The fourth-order valence-electron chi connectivity index (χ4n) is 4.74. The van der Waals surface area contributed by atoms with E-state index in [2.05, 4.69) is 15.2 Å². The van der Waals surface area contributed by atoms with Crippen LogP contribution in [0.2, 0.25) is 0 Å². The number of nitrogens with zero attached hydrogens (tertiary/aromatic N) is 2. The van der Waals surface area contributed by atoms with Gasteiger partial charge in [0.25, 0.3) is 0 Å². The summed E-state index contributed by atoms with van der Waals surface area (Å²) < 4.78 is 53.4. The topological polar surface area (TPSA) is 95.1 Å². The zero-order valence-electron chi connectivity index (χ0n) is 20.4. The van der Waals surface area contributed by atoms with E-state index in [4.69, 9.17) is 11.1 Å². The Labute approximate surface area is 212 Å². The third-order valence-electron chi connectivity index (χ3n) is 6.88. The Hall–Kier alpha value is -3.53. The van der Waals surface area contributed by atoms with Crippen molar-refractivity contribution in [3.05, 3.63) is 88.7 Å². The fourth-order valence-corrected chi connectivity index (χ4v) is 4.74. The summed E-state index contributed by atoms with van der Waals surface area (Å²) in [5, 5.41) is 11.6. The van der Waals surface area contributed by atoms with E-state index in [1.54, 1.807) is 31.2 Å². The van der Waals surface area contributed by atoms with Gasteiger partial charge < -0.3 is 11.1 Å². The molecular formula is C27H29F4N5O. The lowest BCUT2D eigenvalue weighted by atomic mass is 9.76. The van der Waals surface area contributed by atoms with Crippen LogP contribution in [-0.4, -0.2) is 40.6 Å². The second-order valence-electron chi connectivity index (χ2n) is 9.80. The molecule has 1 aliphatic heterocycles. The number of likely N-dealkylation sites (tertiary alicyclic amines) is 1. The lowest BCUT2D eigenvalue weighted by molar-refractivity contribution is -0.141. The molecule has 1 aromatic heterocycles. The highest BCUT2D eigenvalue weighted by atomic mass is 19.4. The molecule has 1 fully saturated rings. The molecule has 4 rings (SSSR count). The minimum atomic E-state index is -4.64. The number of hydrogen-bond donors (Lipinski definition) is 3. The van der Waals surface area contributed by atoms with E-state index in [1.165, 1.54) is 18.2 Å². The van der Waals surface area contributed by atoms with Gasteiger partial charge in [0.1, 0.15) is 11.5 Å². The molecule has 1 saturated heterocycles. The van der Waals surface area contributed by atoms with Gasteiger partial charge in [0, 0.05) is 47.7 Å². The minimum Gasteiger partial charge on any atom is -0.398 e. The molecule has 2 heterocycles. The molecule has 10 heteroatoms. The number of piperidine rings is 1. The molecule has 6 nitrogen and oxygen atoms in total. The van der Waals surface area contributed by atoms with Crippen LogP contribution in [0.25, 0.3) is 0 Å². The largest absolute Gasteiger partial charge is 0.433 e. The Morgan fingerprint density at radius 1 is 1.30 bits per heavy atom. The first-order valence-electron chi connectivity index (χ1n) is 12.0. The Bertz CT molecular complexity index is 1260. The highest BCUT2D eigenvalue weighted by Crippen LogP contribution is 2.36. The number of allylic oxidation sites excluding steroid dienone is 2. The lowest BCUT2D eigenvalue weighted by Crippen LogP contribution is -2.51. The quantitative estimate of drug-likeness (QED) is 0.388. The maximum Gasteiger partial charge on any atom is 0.433 e. The number of rotatable bonds is 6. The summed E-state index contributed by atoms with van der Waals surface area (Å²) in [7, 11) is 0. The molecule has 37 heavy (non-hydrogen) atoms. The van der Waals surface area contributed by atoms with Crippen LogP contribution in [0, 0.1) is 16.6 Å². The third-order valence-corrected chi connectivity index (χ3v) is 6.88. The second-order valence-corrected chi connectivity index (χ2v) is 9.80. The predicted octanol–water partition coefficient (Wildman–Crippen LogP) is 4.57. The number of alkyl halides is 3. The highest BCUT2D eigenvalue weighted by Gasteiger charge is 2.38. The van der Waals surface area contributed by atoms with Gasteiger partial charge in [-0.15, -0.1) is 0 Å². The number of amides is 1. The molecule has 0 radical (unpaired) electrons.